The maximum atomic E-state index is 12.1. The first-order chi connectivity index (χ1) is 12.3. The summed E-state index contributed by atoms with van der Waals surface area (Å²) in [5.41, 5.74) is 0.760. The molecule has 1 atom stereocenters. The average molecular weight is 357 g/mol. The van der Waals surface area contributed by atoms with Crippen molar-refractivity contribution in [2.45, 2.75) is 26.5 Å². The summed E-state index contributed by atoms with van der Waals surface area (Å²) in [5.74, 6) is -1.40. The van der Waals surface area contributed by atoms with E-state index in [9.17, 15) is 19.2 Å². The van der Waals surface area contributed by atoms with Crippen molar-refractivity contribution in [1.29, 1.82) is 0 Å². The highest BCUT2D eigenvalue weighted by atomic mass is 16.5. The van der Waals surface area contributed by atoms with Gasteiger partial charge in [0.05, 0.1) is 0 Å². The molecule has 1 aromatic carbocycles. The summed E-state index contributed by atoms with van der Waals surface area (Å²) >= 11 is 0. The van der Waals surface area contributed by atoms with Gasteiger partial charge < -0.3 is 19.9 Å². The molecule has 0 fully saturated rings. The Morgan fingerprint density at radius 1 is 1.04 bits per heavy atom. The largest absolute Gasteiger partial charge is 0.451 e. The SMILES string of the molecule is CC(=O)Nc1ccc(NC(=O)[C@@H](C)OC(=O)Cn2ccccc2=O)cc1. The van der Waals surface area contributed by atoms with E-state index in [2.05, 4.69) is 10.6 Å². The highest BCUT2D eigenvalue weighted by Crippen LogP contribution is 2.14. The number of ether oxygens (including phenoxy) is 1. The van der Waals surface area contributed by atoms with E-state index >= 15 is 0 Å². The predicted octanol–water partition coefficient (Wildman–Crippen LogP) is 1.38. The summed E-state index contributed by atoms with van der Waals surface area (Å²) in [5, 5.41) is 5.22. The van der Waals surface area contributed by atoms with Crippen LogP contribution >= 0.6 is 0 Å². The summed E-state index contributed by atoms with van der Waals surface area (Å²) in [6, 6.07) is 11.0. The molecule has 0 saturated heterocycles. The number of aromatic nitrogens is 1. The second kappa shape index (κ2) is 8.61. The number of rotatable bonds is 6. The van der Waals surface area contributed by atoms with Crippen molar-refractivity contribution >= 4 is 29.2 Å². The molecule has 136 valence electrons. The van der Waals surface area contributed by atoms with Gasteiger partial charge >= 0.3 is 5.97 Å². The Balaban J connectivity index is 1.88. The van der Waals surface area contributed by atoms with E-state index in [0.29, 0.717) is 11.4 Å². The van der Waals surface area contributed by atoms with Gasteiger partial charge in [-0.1, -0.05) is 6.07 Å². The third kappa shape index (κ3) is 5.59. The van der Waals surface area contributed by atoms with E-state index in [1.165, 1.54) is 30.7 Å². The first-order valence-electron chi connectivity index (χ1n) is 7.88. The van der Waals surface area contributed by atoms with Gasteiger partial charge in [-0.3, -0.25) is 19.2 Å². The summed E-state index contributed by atoms with van der Waals surface area (Å²) in [6.45, 7) is 2.56. The van der Waals surface area contributed by atoms with Crippen LogP contribution in [0.5, 0.6) is 0 Å². The van der Waals surface area contributed by atoms with Crippen LogP contribution in [0.4, 0.5) is 11.4 Å². The Labute approximate surface area is 149 Å². The highest BCUT2D eigenvalue weighted by molar-refractivity contribution is 5.95. The third-order valence-corrected chi connectivity index (χ3v) is 3.35. The fourth-order valence-electron chi connectivity index (χ4n) is 2.10. The lowest BCUT2D eigenvalue weighted by Gasteiger charge is -2.14. The Bertz CT molecular complexity index is 858. The molecule has 0 spiro atoms. The zero-order chi connectivity index (χ0) is 19.1. The van der Waals surface area contributed by atoms with Crippen LogP contribution in [0.2, 0.25) is 0 Å². The predicted molar refractivity (Wildman–Crippen MR) is 95.6 cm³/mol. The van der Waals surface area contributed by atoms with Gasteiger partial charge in [-0.2, -0.15) is 0 Å². The number of esters is 1. The van der Waals surface area contributed by atoms with E-state index < -0.39 is 18.0 Å². The molecular weight excluding hydrogens is 338 g/mol. The lowest BCUT2D eigenvalue weighted by Crippen LogP contribution is -2.32. The summed E-state index contributed by atoms with van der Waals surface area (Å²) in [6.07, 6.45) is 0.433. The number of hydrogen-bond donors (Lipinski definition) is 2. The summed E-state index contributed by atoms with van der Waals surface area (Å²) in [4.78, 5) is 46.5. The monoisotopic (exact) mass is 357 g/mol. The van der Waals surface area contributed by atoms with Crippen LogP contribution in [-0.2, 0) is 25.7 Å². The van der Waals surface area contributed by atoms with Crippen molar-refractivity contribution < 1.29 is 19.1 Å². The van der Waals surface area contributed by atoms with E-state index in [1.807, 2.05) is 0 Å². The molecule has 26 heavy (non-hydrogen) atoms. The minimum atomic E-state index is -1.03. The number of carbonyl (C=O) groups is 3. The second-order valence-electron chi connectivity index (χ2n) is 5.55. The van der Waals surface area contributed by atoms with Crippen LogP contribution in [-0.4, -0.2) is 28.5 Å². The highest BCUT2D eigenvalue weighted by Gasteiger charge is 2.18. The van der Waals surface area contributed by atoms with Crippen molar-refractivity contribution in [2.24, 2.45) is 0 Å². The fourth-order valence-corrected chi connectivity index (χ4v) is 2.10. The number of nitrogens with zero attached hydrogens (tertiary/aromatic N) is 1. The van der Waals surface area contributed by atoms with E-state index in [4.69, 9.17) is 4.74 Å². The van der Waals surface area contributed by atoms with Crippen molar-refractivity contribution in [3.63, 3.8) is 0 Å². The smallest absolute Gasteiger partial charge is 0.326 e. The maximum absolute atomic E-state index is 12.1. The molecule has 1 heterocycles. The van der Waals surface area contributed by atoms with Crippen LogP contribution < -0.4 is 16.2 Å². The van der Waals surface area contributed by atoms with Crippen LogP contribution in [0, 0.1) is 0 Å². The van der Waals surface area contributed by atoms with Crippen molar-refractivity contribution in [2.75, 3.05) is 10.6 Å². The summed E-state index contributed by atoms with van der Waals surface area (Å²) < 4.78 is 6.24. The number of anilines is 2. The minimum absolute atomic E-state index is 0.195. The van der Waals surface area contributed by atoms with Crippen LogP contribution in [0.1, 0.15) is 13.8 Å². The standard InChI is InChI=1S/C18H19N3O5/c1-12(26-17(24)11-21-10-4-3-5-16(21)23)18(25)20-15-8-6-14(7-9-15)19-13(2)22/h3-10,12H,11H2,1-2H3,(H,19,22)(H,20,25)/t12-/m1/s1. The second-order valence-corrected chi connectivity index (χ2v) is 5.55. The number of nitrogens with one attached hydrogen (secondary N) is 2. The molecule has 0 aliphatic carbocycles. The number of hydrogen-bond acceptors (Lipinski definition) is 5. The molecule has 0 aliphatic rings. The van der Waals surface area contributed by atoms with Gasteiger partial charge in [-0.05, 0) is 37.3 Å². The molecule has 0 unspecified atom stereocenters. The van der Waals surface area contributed by atoms with E-state index in [-0.39, 0.29) is 18.0 Å². The topological polar surface area (TPSA) is 106 Å². The number of benzene rings is 1. The van der Waals surface area contributed by atoms with Crippen molar-refractivity contribution in [3.05, 3.63) is 59.0 Å². The average Bonchev–Trinajstić information content (AvgIpc) is 2.58. The molecule has 0 saturated carbocycles. The van der Waals surface area contributed by atoms with Gasteiger partial charge in [0.25, 0.3) is 11.5 Å². The Hall–Kier alpha value is -3.42. The number of carbonyl (C=O) groups excluding carboxylic acids is 3. The van der Waals surface area contributed by atoms with E-state index in [0.717, 1.165) is 0 Å². The third-order valence-electron chi connectivity index (χ3n) is 3.35. The van der Waals surface area contributed by atoms with Gasteiger partial charge in [0, 0.05) is 30.6 Å². The van der Waals surface area contributed by atoms with Gasteiger partial charge in [0.2, 0.25) is 5.91 Å². The van der Waals surface area contributed by atoms with Gasteiger partial charge in [-0.15, -0.1) is 0 Å². The molecule has 0 aliphatic heterocycles. The maximum Gasteiger partial charge on any atom is 0.326 e. The molecule has 8 nitrogen and oxygen atoms in total. The zero-order valence-electron chi connectivity index (χ0n) is 14.4. The van der Waals surface area contributed by atoms with Gasteiger partial charge in [0.1, 0.15) is 6.54 Å². The lowest BCUT2D eigenvalue weighted by atomic mass is 10.2. The molecular formula is C18H19N3O5. The first kappa shape index (κ1) is 18.9. The normalized spacial score (nSPS) is 11.3. The number of amides is 2. The number of pyridine rings is 1. The quantitative estimate of drug-likeness (QED) is 0.760. The van der Waals surface area contributed by atoms with Crippen molar-refractivity contribution in [1.82, 2.24) is 4.57 Å². The zero-order valence-corrected chi connectivity index (χ0v) is 14.4. The lowest BCUT2D eigenvalue weighted by molar-refractivity contribution is -0.153. The first-order valence-corrected chi connectivity index (χ1v) is 7.88. The Morgan fingerprint density at radius 3 is 2.23 bits per heavy atom. The molecule has 0 bridgehead atoms. The summed E-state index contributed by atoms with van der Waals surface area (Å²) in [7, 11) is 0. The van der Waals surface area contributed by atoms with Crippen LogP contribution in [0.25, 0.3) is 0 Å². The van der Waals surface area contributed by atoms with Crippen molar-refractivity contribution in [3.8, 4) is 0 Å². The van der Waals surface area contributed by atoms with Crippen LogP contribution in [0.3, 0.4) is 0 Å². The molecule has 2 aromatic rings. The molecule has 2 amide bonds. The van der Waals surface area contributed by atoms with Gasteiger partial charge in [-0.25, -0.2) is 0 Å². The van der Waals surface area contributed by atoms with E-state index in [1.54, 1.807) is 36.4 Å². The molecule has 2 rings (SSSR count). The molecule has 0 radical (unpaired) electrons. The Kier molecular flexibility index (Phi) is 6.26. The molecule has 2 N–H and O–H groups in total. The van der Waals surface area contributed by atoms with Crippen LogP contribution in [0.15, 0.2) is 53.5 Å². The molecule has 1 aromatic heterocycles. The van der Waals surface area contributed by atoms with Gasteiger partial charge in [0.15, 0.2) is 6.10 Å². The Morgan fingerprint density at radius 2 is 1.65 bits per heavy atom. The molecule has 8 heteroatoms. The minimum Gasteiger partial charge on any atom is -0.451 e. The fraction of sp³-hybridized carbons (Fsp3) is 0.222.